The van der Waals surface area contributed by atoms with Crippen molar-refractivity contribution >= 4 is 5.96 Å². The van der Waals surface area contributed by atoms with Crippen LogP contribution in [0.5, 0.6) is 0 Å². The fraction of sp³-hybridized carbons (Fsp3) is 0.222. The van der Waals surface area contributed by atoms with Crippen molar-refractivity contribution in [2.45, 2.75) is 6.10 Å². The second-order valence-electron chi connectivity index (χ2n) is 2.80. The Bertz CT molecular complexity index is 299. The number of rotatable bonds is 3. The van der Waals surface area contributed by atoms with Gasteiger partial charge in [0, 0.05) is 0 Å². The van der Waals surface area contributed by atoms with Gasteiger partial charge in [0.1, 0.15) is 0 Å². The molecular formula is C9H14N4O. The number of aliphatic hydroxyl groups is 1. The number of aliphatic imine (C=N–C) groups is 1. The summed E-state index contributed by atoms with van der Waals surface area (Å²) >= 11 is 0. The van der Waals surface area contributed by atoms with Crippen molar-refractivity contribution in [3.8, 4) is 0 Å². The average molecular weight is 194 g/mol. The van der Waals surface area contributed by atoms with Crippen LogP contribution in [0.15, 0.2) is 35.3 Å². The van der Waals surface area contributed by atoms with Crippen molar-refractivity contribution in [3.63, 3.8) is 0 Å². The molecular weight excluding hydrogens is 180 g/mol. The Morgan fingerprint density at radius 3 is 2.64 bits per heavy atom. The van der Waals surface area contributed by atoms with E-state index in [1.54, 1.807) is 0 Å². The lowest BCUT2D eigenvalue weighted by molar-refractivity contribution is 0.187. The number of aliphatic hydroxyl groups excluding tert-OH is 1. The lowest BCUT2D eigenvalue weighted by Gasteiger charge is -2.07. The van der Waals surface area contributed by atoms with E-state index in [2.05, 4.69) is 10.4 Å². The van der Waals surface area contributed by atoms with Crippen LogP contribution in [0.25, 0.3) is 0 Å². The van der Waals surface area contributed by atoms with Crippen LogP contribution in [0, 0.1) is 0 Å². The highest BCUT2D eigenvalue weighted by Crippen LogP contribution is 2.11. The van der Waals surface area contributed by atoms with Crippen molar-refractivity contribution in [1.29, 1.82) is 0 Å². The van der Waals surface area contributed by atoms with Gasteiger partial charge in [-0.1, -0.05) is 30.3 Å². The largest absolute Gasteiger partial charge is 0.386 e. The highest BCUT2D eigenvalue weighted by atomic mass is 16.3. The standard InChI is InChI=1S/C9H14N4O/c10-9(13-11)12-6-8(14)7-4-2-1-3-5-7/h1-5,8,14H,6,11H2,(H3,10,12,13). The predicted octanol–water partition coefficient (Wildman–Crippen LogP) is -0.502. The Kier molecular flexibility index (Phi) is 3.90. The smallest absolute Gasteiger partial charge is 0.203 e. The summed E-state index contributed by atoms with van der Waals surface area (Å²) in [6.45, 7) is 0.194. The molecule has 76 valence electrons. The molecule has 0 spiro atoms. The van der Waals surface area contributed by atoms with Crippen LogP contribution in [0.1, 0.15) is 11.7 Å². The maximum Gasteiger partial charge on any atom is 0.203 e. The lowest BCUT2D eigenvalue weighted by atomic mass is 10.1. The molecule has 0 heterocycles. The molecule has 0 amide bonds. The van der Waals surface area contributed by atoms with Gasteiger partial charge in [-0.15, -0.1) is 0 Å². The number of nitrogens with two attached hydrogens (primary N) is 2. The summed E-state index contributed by atoms with van der Waals surface area (Å²) in [5.41, 5.74) is 8.30. The summed E-state index contributed by atoms with van der Waals surface area (Å²) in [5, 5.41) is 9.63. The highest BCUT2D eigenvalue weighted by Gasteiger charge is 2.04. The van der Waals surface area contributed by atoms with E-state index in [1.807, 2.05) is 30.3 Å². The zero-order valence-electron chi connectivity index (χ0n) is 7.72. The van der Waals surface area contributed by atoms with Crippen molar-refractivity contribution < 1.29 is 5.11 Å². The number of benzene rings is 1. The molecule has 14 heavy (non-hydrogen) atoms. The Morgan fingerprint density at radius 1 is 1.43 bits per heavy atom. The van der Waals surface area contributed by atoms with Gasteiger partial charge in [-0.2, -0.15) is 0 Å². The third-order valence-electron chi connectivity index (χ3n) is 1.77. The molecule has 0 saturated heterocycles. The van der Waals surface area contributed by atoms with Crippen LogP contribution in [-0.4, -0.2) is 17.6 Å². The van der Waals surface area contributed by atoms with Gasteiger partial charge in [0.05, 0.1) is 12.6 Å². The van der Waals surface area contributed by atoms with Crippen molar-refractivity contribution in [3.05, 3.63) is 35.9 Å². The van der Waals surface area contributed by atoms with E-state index in [0.29, 0.717) is 0 Å². The third kappa shape index (κ3) is 3.04. The molecule has 1 aromatic rings. The lowest BCUT2D eigenvalue weighted by Crippen LogP contribution is -2.37. The van der Waals surface area contributed by atoms with E-state index in [4.69, 9.17) is 11.6 Å². The Balaban J connectivity index is 2.55. The topological polar surface area (TPSA) is 96.7 Å². The first-order chi connectivity index (χ1) is 6.74. The minimum absolute atomic E-state index is 0.111. The number of hydrogen-bond acceptors (Lipinski definition) is 3. The quantitative estimate of drug-likeness (QED) is 0.226. The highest BCUT2D eigenvalue weighted by molar-refractivity contribution is 5.77. The van der Waals surface area contributed by atoms with Crippen LogP contribution in [0.4, 0.5) is 0 Å². The molecule has 0 aliphatic heterocycles. The number of nitrogens with zero attached hydrogens (tertiary/aromatic N) is 1. The van der Waals surface area contributed by atoms with Gasteiger partial charge in [0.15, 0.2) is 0 Å². The first kappa shape index (κ1) is 10.5. The van der Waals surface area contributed by atoms with E-state index in [0.717, 1.165) is 5.56 Å². The second-order valence-corrected chi connectivity index (χ2v) is 2.80. The maximum atomic E-state index is 9.63. The molecule has 0 bridgehead atoms. The summed E-state index contributed by atoms with van der Waals surface area (Å²) in [7, 11) is 0. The minimum Gasteiger partial charge on any atom is -0.386 e. The molecule has 5 nitrogen and oxygen atoms in total. The van der Waals surface area contributed by atoms with Gasteiger partial charge in [0.2, 0.25) is 5.96 Å². The van der Waals surface area contributed by atoms with Crippen LogP contribution in [-0.2, 0) is 0 Å². The monoisotopic (exact) mass is 194 g/mol. The van der Waals surface area contributed by atoms with E-state index in [1.165, 1.54) is 0 Å². The molecule has 0 fully saturated rings. The van der Waals surface area contributed by atoms with Crippen LogP contribution in [0.3, 0.4) is 0 Å². The Labute approximate surface area is 82.4 Å². The molecule has 1 atom stereocenters. The average Bonchev–Trinajstić information content (AvgIpc) is 2.26. The van der Waals surface area contributed by atoms with Gasteiger partial charge in [-0.3, -0.25) is 5.43 Å². The SMILES string of the molecule is NNC(N)=NCC(O)c1ccccc1. The zero-order valence-corrected chi connectivity index (χ0v) is 7.72. The predicted molar refractivity (Wildman–Crippen MR) is 55.2 cm³/mol. The van der Waals surface area contributed by atoms with Gasteiger partial charge in [-0.05, 0) is 5.56 Å². The van der Waals surface area contributed by atoms with E-state index >= 15 is 0 Å². The van der Waals surface area contributed by atoms with Crippen molar-refractivity contribution in [2.24, 2.45) is 16.6 Å². The minimum atomic E-state index is -0.650. The fourth-order valence-corrected chi connectivity index (χ4v) is 1.01. The van der Waals surface area contributed by atoms with Crippen LogP contribution < -0.4 is 17.0 Å². The number of hydrogen-bond donors (Lipinski definition) is 4. The molecule has 1 unspecified atom stereocenters. The van der Waals surface area contributed by atoms with Crippen LogP contribution >= 0.6 is 0 Å². The Hall–Kier alpha value is -1.59. The van der Waals surface area contributed by atoms with E-state index in [-0.39, 0.29) is 12.5 Å². The first-order valence-corrected chi connectivity index (χ1v) is 4.23. The molecule has 5 heteroatoms. The molecule has 1 rings (SSSR count). The van der Waals surface area contributed by atoms with E-state index < -0.39 is 6.10 Å². The fourth-order valence-electron chi connectivity index (χ4n) is 1.01. The third-order valence-corrected chi connectivity index (χ3v) is 1.77. The molecule has 1 aromatic carbocycles. The molecule has 0 saturated carbocycles. The summed E-state index contributed by atoms with van der Waals surface area (Å²) in [5.74, 6) is 5.12. The first-order valence-electron chi connectivity index (χ1n) is 4.23. The molecule has 0 aromatic heterocycles. The Morgan fingerprint density at radius 2 is 2.07 bits per heavy atom. The van der Waals surface area contributed by atoms with Crippen molar-refractivity contribution in [1.82, 2.24) is 5.43 Å². The van der Waals surface area contributed by atoms with E-state index in [9.17, 15) is 5.11 Å². The van der Waals surface area contributed by atoms with Gasteiger partial charge in [-0.25, -0.2) is 10.8 Å². The summed E-state index contributed by atoms with van der Waals surface area (Å²) in [4.78, 5) is 3.83. The normalized spacial score (nSPS) is 13.7. The van der Waals surface area contributed by atoms with Gasteiger partial charge < -0.3 is 10.8 Å². The maximum absolute atomic E-state index is 9.63. The second kappa shape index (κ2) is 5.21. The van der Waals surface area contributed by atoms with Crippen molar-refractivity contribution in [2.75, 3.05) is 6.54 Å². The number of nitrogens with one attached hydrogen (secondary N) is 1. The number of guanidine groups is 1. The summed E-state index contributed by atoms with van der Waals surface area (Å²) < 4.78 is 0. The van der Waals surface area contributed by atoms with Gasteiger partial charge in [0.25, 0.3) is 0 Å². The molecule has 0 radical (unpaired) electrons. The van der Waals surface area contributed by atoms with Gasteiger partial charge >= 0.3 is 0 Å². The molecule has 6 N–H and O–H groups in total. The van der Waals surface area contributed by atoms with Crippen LogP contribution in [0.2, 0.25) is 0 Å². The summed E-state index contributed by atoms with van der Waals surface area (Å²) in [6, 6.07) is 9.24. The molecule has 0 aliphatic carbocycles. The zero-order chi connectivity index (χ0) is 10.4. The molecule has 0 aliphatic rings. The summed E-state index contributed by atoms with van der Waals surface area (Å²) in [6.07, 6.45) is -0.650. The number of hydrazine groups is 1.